The lowest BCUT2D eigenvalue weighted by molar-refractivity contribution is 0.412. The monoisotopic (exact) mass is 210 g/mol. The first-order chi connectivity index (χ1) is 6.76. The van der Waals surface area contributed by atoms with Gasteiger partial charge in [-0.25, -0.2) is 4.98 Å². The third-order valence-corrected chi connectivity index (χ3v) is 3.99. The van der Waals surface area contributed by atoms with Crippen molar-refractivity contribution in [1.82, 2.24) is 10.3 Å². The molecule has 0 radical (unpaired) electrons. The van der Waals surface area contributed by atoms with Crippen LogP contribution < -0.4 is 5.32 Å². The van der Waals surface area contributed by atoms with Crippen LogP contribution in [0.4, 0.5) is 0 Å². The molecule has 1 aromatic heterocycles. The van der Waals surface area contributed by atoms with E-state index in [0.717, 1.165) is 6.54 Å². The van der Waals surface area contributed by atoms with Crippen molar-refractivity contribution in [3.8, 4) is 0 Å². The van der Waals surface area contributed by atoms with Crippen LogP contribution in [0.1, 0.15) is 44.8 Å². The Hall–Kier alpha value is -0.410. The van der Waals surface area contributed by atoms with Gasteiger partial charge in [0.25, 0.3) is 0 Å². The molecule has 1 fully saturated rings. The molecule has 1 saturated carbocycles. The molecule has 1 aliphatic rings. The van der Waals surface area contributed by atoms with Gasteiger partial charge < -0.3 is 5.32 Å². The third kappa shape index (κ3) is 2.15. The van der Waals surface area contributed by atoms with Gasteiger partial charge in [0.15, 0.2) is 0 Å². The lowest BCUT2D eigenvalue weighted by Crippen LogP contribution is -2.26. The second-order valence-electron chi connectivity index (χ2n) is 4.37. The van der Waals surface area contributed by atoms with Gasteiger partial charge in [-0.1, -0.05) is 6.92 Å². The molecule has 0 saturated heterocycles. The van der Waals surface area contributed by atoms with Crippen LogP contribution in [0.25, 0.3) is 0 Å². The van der Waals surface area contributed by atoms with E-state index in [9.17, 15) is 0 Å². The number of thiazole rings is 1. The van der Waals surface area contributed by atoms with Gasteiger partial charge >= 0.3 is 0 Å². The van der Waals surface area contributed by atoms with Gasteiger partial charge in [-0.3, -0.25) is 0 Å². The fourth-order valence-corrected chi connectivity index (χ4v) is 2.39. The van der Waals surface area contributed by atoms with Crippen LogP contribution in [0, 0.1) is 5.41 Å². The smallest absolute Gasteiger partial charge is 0.0795 e. The summed E-state index contributed by atoms with van der Waals surface area (Å²) in [5.74, 6) is 0. The molecule has 3 heteroatoms. The van der Waals surface area contributed by atoms with Crippen molar-refractivity contribution in [1.29, 1.82) is 0 Å². The molecule has 0 amide bonds. The van der Waals surface area contributed by atoms with E-state index in [2.05, 4.69) is 29.5 Å². The molecule has 1 aromatic rings. The van der Waals surface area contributed by atoms with Gasteiger partial charge in [0.05, 0.1) is 11.2 Å². The van der Waals surface area contributed by atoms with Crippen LogP contribution in [0.2, 0.25) is 0 Å². The van der Waals surface area contributed by atoms with Gasteiger partial charge in [-0.2, -0.15) is 0 Å². The summed E-state index contributed by atoms with van der Waals surface area (Å²) in [5, 5.41) is 5.71. The summed E-state index contributed by atoms with van der Waals surface area (Å²) in [6.07, 6.45) is 4.12. The van der Waals surface area contributed by atoms with Crippen LogP contribution in [-0.2, 0) is 0 Å². The van der Waals surface area contributed by atoms with Gasteiger partial charge in [0, 0.05) is 18.0 Å². The summed E-state index contributed by atoms with van der Waals surface area (Å²) >= 11 is 1.67. The summed E-state index contributed by atoms with van der Waals surface area (Å²) < 4.78 is 0. The van der Waals surface area contributed by atoms with E-state index in [1.54, 1.807) is 11.3 Å². The molecule has 0 aliphatic heterocycles. The standard InChI is InChI=1S/C11H18N2S/c1-3-11(4-5-11)7-12-9(2)10-6-14-8-13-10/h6,8-9,12H,3-5,7H2,1-2H3. The fourth-order valence-electron chi connectivity index (χ4n) is 1.74. The van der Waals surface area contributed by atoms with E-state index in [4.69, 9.17) is 0 Å². The van der Waals surface area contributed by atoms with E-state index in [1.165, 1.54) is 25.0 Å². The Balaban J connectivity index is 1.81. The molecule has 1 atom stereocenters. The summed E-state index contributed by atoms with van der Waals surface area (Å²) in [6, 6.07) is 0.408. The van der Waals surface area contributed by atoms with Crippen molar-refractivity contribution in [2.75, 3.05) is 6.54 Å². The van der Waals surface area contributed by atoms with Gasteiger partial charge in [0.1, 0.15) is 0 Å². The van der Waals surface area contributed by atoms with Crippen molar-refractivity contribution in [2.45, 2.75) is 39.2 Å². The molecule has 78 valence electrons. The van der Waals surface area contributed by atoms with Crippen molar-refractivity contribution in [3.05, 3.63) is 16.6 Å². The normalized spacial score (nSPS) is 20.7. The molecule has 0 bridgehead atoms. The highest BCUT2D eigenvalue weighted by atomic mass is 32.1. The van der Waals surface area contributed by atoms with Gasteiger partial charge in [-0.05, 0) is 31.6 Å². The van der Waals surface area contributed by atoms with Crippen molar-refractivity contribution in [3.63, 3.8) is 0 Å². The highest BCUT2D eigenvalue weighted by Crippen LogP contribution is 2.48. The molecule has 1 aliphatic carbocycles. The van der Waals surface area contributed by atoms with E-state index >= 15 is 0 Å². The Morgan fingerprint density at radius 3 is 2.93 bits per heavy atom. The zero-order valence-corrected chi connectivity index (χ0v) is 9.73. The molecule has 0 spiro atoms. The van der Waals surface area contributed by atoms with Crippen molar-refractivity contribution < 1.29 is 0 Å². The maximum Gasteiger partial charge on any atom is 0.0795 e. The molecule has 1 heterocycles. The predicted molar refractivity (Wildman–Crippen MR) is 60.5 cm³/mol. The number of hydrogen-bond acceptors (Lipinski definition) is 3. The Labute approximate surface area is 89.8 Å². The average molecular weight is 210 g/mol. The first kappa shape index (κ1) is 10.1. The number of rotatable bonds is 5. The second-order valence-corrected chi connectivity index (χ2v) is 5.09. The van der Waals surface area contributed by atoms with Crippen LogP contribution in [0.5, 0.6) is 0 Å². The van der Waals surface area contributed by atoms with E-state index < -0.39 is 0 Å². The minimum Gasteiger partial charge on any atom is -0.308 e. The Morgan fingerprint density at radius 2 is 2.43 bits per heavy atom. The molecular formula is C11H18N2S. The molecule has 1 unspecified atom stereocenters. The van der Waals surface area contributed by atoms with Crippen LogP contribution in [0.3, 0.4) is 0 Å². The number of aromatic nitrogens is 1. The summed E-state index contributed by atoms with van der Waals surface area (Å²) in [4.78, 5) is 4.32. The minimum absolute atomic E-state index is 0.408. The first-order valence-electron chi connectivity index (χ1n) is 5.37. The minimum atomic E-state index is 0.408. The molecule has 14 heavy (non-hydrogen) atoms. The van der Waals surface area contributed by atoms with Crippen molar-refractivity contribution >= 4 is 11.3 Å². The van der Waals surface area contributed by atoms with E-state index in [-0.39, 0.29) is 0 Å². The van der Waals surface area contributed by atoms with E-state index in [0.29, 0.717) is 11.5 Å². The predicted octanol–water partition coefficient (Wildman–Crippen LogP) is 2.98. The zero-order valence-electron chi connectivity index (χ0n) is 8.92. The number of nitrogens with zero attached hydrogens (tertiary/aromatic N) is 1. The summed E-state index contributed by atoms with van der Waals surface area (Å²) in [5.41, 5.74) is 3.71. The largest absolute Gasteiger partial charge is 0.308 e. The summed E-state index contributed by atoms with van der Waals surface area (Å²) in [7, 11) is 0. The quantitative estimate of drug-likeness (QED) is 0.808. The van der Waals surface area contributed by atoms with Gasteiger partial charge in [0.2, 0.25) is 0 Å². The van der Waals surface area contributed by atoms with Gasteiger partial charge in [-0.15, -0.1) is 11.3 Å². The Kier molecular flexibility index (Phi) is 2.88. The Morgan fingerprint density at radius 1 is 1.64 bits per heavy atom. The van der Waals surface area contributed by atoms with Crippen LogP contribution >= 0.6 is 11.3 Å². The lowest BCUT2D eigenvalue weighted by atomic mass is 10.0. The average Bonchev–Trinajstić information content (AvgIpc) is 2.78. The maximum atomic E-state index is 4.32. The van der Waals surface area contributed by atoms with Crippen molar-refractivity contribution in [2.24, 2.45) is 5.41 Å². The zero-order chi connectivity index (χ0) is 10.0. The van der Waals surface area contributed by atoms with Crippen LogP contribution in [-0.4, -0.2) is 11.5 Å². The molecule has 2 nitrogen and oxygen atoms in total. The van der Waals surface area contributed by atoms with Crippen LogP contribution in [0.15, 0.2) is 10.9 Å². The highest BCUT2D eigenvalue weighted by Gasteiger charge is 2.40. The first-order valence-corrected chi connectivity index (χ1v) is 6.31. The highest BCUT2D eigenvalue weighted by molar-refractivity contribution is 7.07. The fraction of sp³-hybridized carbons (Fsp3) is 0.727. The summed E-state index contributed by atoms with van der Waals surface area (Å²) in [6.45, 7) is 5.64. The maximum absolute atomic E-state index is 4.32. The molecule has 2 rings (SSSR count). The molecule has 1 N–H and O–H groups in total. The second kappa shape index (κ2) is 3.99. The topological polar surface area (TPSA) is 24.9 Å². The lowest BCUT2D eigenvalue weighted by Gasteiger charge is -2.17. The number of hydrogen-bond donors (Lipinski definition) is 1. The van der Waals surface area contributed by atoms with E-state index in [1.807, 2.05) is 5.51 Å². The number of nitrogens with one attached hydrogen (secondary N) is 1. The SMILES string of the molecule is CCC1(CNC(C)c2cscn2)CC1. The molecular weight excluding hydrogens is 192 g/mol. The molecule has 0 aromatic carbocycles. The third-order valence-electron chi connectivity index (χ3n) is 3.39. The Bertz CT molecular complexity index is 277.